The topological polar surface area (TPSA) is 50.4 Å². The van der Waals surface area contributed by atoms with Gasteiger partial charge in [-0.15, -0.1) is 0 Å². The van der Waals surface area contributed by atoms with E-state index in [0.29, 0.717) is 5.56 Å². The summed E-state index contributed by atoms with van der Waals surface area (Å²) in [5.74, 6) is 0.504. The first-order valence-electron chi connectivity index (χ1n) is 6.93. The van der Waals surface area contributed by atoms with Crippen LogP contribution in [0.15, 0.2) is 24.3 Å². The summed E-state index contributed by atoms with van der Waals surface area (Å²) >= 11 is 0. The Hall–Kier alpha value is -1.55. The molecule has 2 rings (SSSR count). The monoisotopic (exact) mass is 262 g/mol. The molecule has 1 heterocycles. The van der Waals surface area contributed by atoms with Gasteiger partial charge in [-0.3, -0.25) is 0 Å². The molecule has 0 atom stereocenters. The number of benzene rings is 1. The van der Waals surface area contributed by atoms with E-state index in [0.717, 1.165) is 37.7 Å². The predicted molar refractivity (Wildman–Crippen MR) is 76.5 cm³/mol. The number of piperidine rings is 1. The van der Waals surface area contributed by atoms with Crippen molar-refractivity contribution < 1.29 is 9.53 Å². The second kappa shape index (κ2) is 7.14. The number of carbonyl (C=O) groups is 1. The van der Waals surface area contributed by atoms with Crippen LogP contribution in [0.3, 0.4) is 0 Å². The van der Waals surface area contributed by atoms with E-state index in [9.17, 15) is 4.79 Å². The van der Waals surface area contributed by atoms with Crippen LogP contribution >= 0.6 is 0 Å². The Morgan fingerprint density at radius 3 is 2.84 bits per heavy atom. The zero-order chi connectivity index (χ0) is 13.5. The van der Waals surface area contributed by atoms with E-state index >= 15 is 0 Å². The molecule has 1 aromatic carbocycles. The van der Waals surface area contributed by atoms with Crippen molar-refractivity contribution >= 4 is 11.7 Å². The second-order valence-corrected chi connectivity index (χ2v) is 4.95. The van der Waals surface area contributed by atoms with Crippen LogP contribution < -0.4 is 10.6 Å². The highest BCUT2D eigenvalue weighted by atomic mass is 16.5. The van der Waals surface area contributed by atoms with Gasteiger partial charge in [0.1, 0.15) is 0 Å². The third-order valence-corrected chi connectivity index (χ3v) is 3.66. The van der Waals surface area contributed by atoms with Gasteiger partial charge in [-0.25, -0.2) is 4.79 Å². The smallest absolute Gasteiger partial charge is 0.339 e. The summed E-state index contributed by atoms with van der Waals surface area (Å²) in [4.78, 5) is 11.6. The molecule has 4 nitrogen and oxygen atoms in total. The molecule has 1 aromatic rings. The molecular formula is C15H22N2O2. The fourth-order valence-corrected chi connectivity index (χ4v) is 2.51. The number of esters is 1. The standard InChI is InChI=1S/C15H22N2O2/c1-19-15(18)13-4-2-3-5-14(13)17-11-8-12-6-9-16-10-7-12/h2-5,12,16-17H,6-11H2,1H3. The Morgan fingerprint density at radius 2 is 2.11 bits per heavy atom. The minimum atomic E-state index is -0.287. The van der Waals surface area contributed by atoms with Crippen molar-refractivity contribution in [3.8, 4) is 0 Å². The molecule has 0 spiro atoms. The summed E-state index contributed by atoms with van der Waals surface area (Å²) in [6.45, 7) is 3.16. The van der Waals surface area contributed by atoms with E-state index in [-0.39, 0.29) is 5.97 Å². The van der Waals surface area contributed by atoms with Crippen molar-refractivity contribution in [2.75, 3.05) is 32.1 Å². The minimum absolute atomic E-state index is 0.287. The van der Waals surface area contributed by atoms with E-state index in [2.05, 4.69) is 10.6 Å². The van der Waals surface area contributed by atoms with E-state index in [1.54, 1.807) is 6.07 Å². The molecule has 0 aromatic heterocycles. The van der Waals surface area contributed by atoms with Gasteiger partial charge < -0.3 is 15.4 Å². The molecule has 0 amide bonds. The summed E-state index contributed by atoms with van der Waals surface area (Å²) in [5.41, 5.74) is 1.47. The van der Waals surface area contributed by atoms with Crippen LogP contribution in [0, 0.1) is 5.92 Å². The molecule has 104 valence electrons. The molecular weight excluding hydrogens is 240 g/mol. The van der Waals surface area contributed by atoms with Gasteiger partial charge in [-0.2, -0.15) is 0 Å². The molecule has 19 heavy (non-hydrogen) atoms. The molecule has 1 fully saturated rings. The fraction of sp³-hybridized carbons (Fsp3) is 0.533. The van der Waals surface area contributed by atoms with Gasteiger partial charge in [0.25, 0.3) is 0 Å². The number of ether oxygens (including phenoxy) is 1. The largest absolute Gasteiger partial charge is 0.465 e. The summed E-state index contributed by atoms with van der Waals surface area (Å²) in [7, 11) is 1.41. The average Bonchev–Trinajstić information content (AvgIpc) is 2.48. The number of para-hydroxylation sites is 1. The zero-order valence-corrected chi connectivity index (χ0v) is 11.4. The molecule has 0 unspecified atom stereocenters. The van der Waals surface area contributed by atoms with Crippen molar-refractivity contribution in [3.05, 3.63) is 29.8 Å². The van der Waals surface area contributed by atoms with E-state index in [4.69, 9.17) is 4.74 Å². The summed E-state index contributed by atoms with van der Waals surface area (Å²) in [6.07, 6.45) is 3.65. The zero-order valence-electron chi connectivity index (χ0n) is 11.4. The highest BCUT2D eigenvalue weighted by Crippen LogP contribution is 2.19. The Labute approximate surface area is 114 Å². The summed E-state index contributed by atoms with van der Waals surface area (Å²) < 4.78 is 4.79. The maximum Gasteiger partial charge on any atom is 0.339 e. The second-order valence-electron chi connectivity index (χ2n) is 4.95. The quantitative estimate of drug-likeness (QED) is 0.799. The first-order chi connectivity index (χ1) is 9.31. The van der Waals surface area contributed by atoms with Gasteiger partial charge in [0.05, 0.1) is 12.7 Å². The normalized spacial score (nSPS) is 16.1. The summed E-state index contributed by atoms with van der Waals surface area (Å²) in [6, 6.07) is 7.50. The lowest BCUT2D eigenvalue weighted by atomic mass is 9.95. The van der Waals surface area contributed by atoms with Gasteiger partial charge >= 0.3 is 5.97 Å². The summed E-state index contributed by atoms with van der Waals surface area (Å²) in [5, 5.41) is 6.73. The number of hydrogen-bond acceptors (Lipinski definition) is 4. The Kier molecular flexibility index (Phi) is 5.21. The molecule has 1 aliphatic heterocycles. The number of hydrogen-bond donors (Lipinski definition) is 2. The van der Waals surface area contributed by atoms with Crippen LogP contribution in [-0.4, -0.2) is 32.7 Å². The maximum absolute atomic E-state index is 11.6. The van der Waals surface area contributed by atoms with Gasteiger partial charge in [-0.1, -0.05) is 12.1 Å². The number of rotatable bonds is 5. The molecule has 0 radical (unpaired) electrons. The highest BCUT2D eigenvalue weighted by Gasteiger charge is 2.14. The van der Waals surface area contributed by atoms with E-state index in [1.807, 2.05) is 18.2 Å². The lowest BCUT2D eigenvalue weighted by Gasteiger charge is -2.22. The van der Waals surface area contributed by atoms with Crippen molar-refractivity contribution in [2.45, 2.75) is 19.3 Å². The van der Waals surface area contributed by atoms with E-state index < -0.39 is 0 Å². The first-order valence-corrected chi connectivity index (χ1v) is 6.93. The van der Waals surface area contributed by atoms with E-state index in [1.165, 1.54) is 20.0 Å². The third-order valence-electron chi connectivity index (χ3n) is 3.66. The van der Waals surface area contributed by atoms with Gasteiger partial charge in [0, 0.05) is 12.2 Å². The van der Waals surface area contributed by atoms with Crippen molar-refractivity contribution in [1.82, 2.24) is 5.32 Å². The average molecular weight is 262 g/mol. The van der Waals surface area contributed by atoms with Crippen molar-refractivity contribution in [1.29, 1.82) is 0 Å². The predicted octanol–water partition coefficient (Wildman–Crippen LogP) is 2.27. The number of methoxy groups -OCH3 is 1. The Bertz CT molecular complexity index is 414. The molecule has 1 saturated heterocycles. The molecule has 0 saturated carbocycles. The van der Waals surface area contributed by atoms with Crippen LogP contribution in [-0.2, 0) is 4.74 Å². The lowest BCUT2D eigenvalue weighted by molar-refractivity contribution is 0.0602. The third kappa shape index (κ3) is 3.96. The number of anilines is 1. The van der Waals surface area contributed by atoms with Crippen LogP contribution in [0.2, 0.25) is 0 Å². The first kappa shape index (κ1) is 13.9. The Morgan fingerprint density at radius 1 is 1.37 bits per heavy atom. The highest BCUT2D eigenvalue weighted by molar-refractivity contribution is 5.95. The number of nitrogens with one attached hydrogen (secondary N) is 2. The van der Waals surface area contributed by atoms with Crippen LogP contribution in [0.1, 0.15) is 29.6 Å². The SMILES string of the molecule is COC(=O)c1ccccc1NCCC1CCNCC1. The van der Waals surface area contributed by atoms with Crippen LogP contribution in [0.25, 0.3) is 0 Å². The molecule has 1 aliphatic rings. The molecule has 0 bridgehead atoms. The fourth-order valence-electron chi connectivity index (χ4n) is 2.51. The van der Waals surface area contributed by atoms with Gasteiger partial charge in [-0.05, 0) is 50.4 Å². The molecule has 4 heteroatoms. The minimum Gasteiger partial charge on any atom is -0.465 e. The van der Waals surface area contributed by atoms with Crippen LogP contribution in [0.5, 0.6) is 0 Å². The molecule has 2 N–H and O–H groups in total. The van der Waals surface area contributed by atoms with Crippen molar-refractivity contribution in [3.63, 3.8) is 0 Å². The van der Waals surface area contributed by atoms with Gasteiger partial charge in [0.15, 0.2) is 0 Å². The number of carbonyl (C=O) groups excluding carboxylic acids is 1. The Balaban J connectivity index is 1.86. The van der Waals surface area contributed by atoms with Gasteiger partial charge in [0.2, 0.25) is 0 Å². The lowest BCUT2D eigenvalue weighted by Crippen LogP contribution is -2.28. The van der Waals surface area contributed by atoms with Crippen molar-refractivity contribution in [2.24, 2.45) is 5.92 Å². The molecule has 0 aliphatic carbocycles. The maximum atomic E-state index is 11.6. The van der Waals surface area contributed by atoms with Crippen LogP contribution in [0.4, 0.5) is 5.69 Å².